The van der Waals surface area contributed by atoms with Crippen LogP contribution in [0.25, 0.3) is 11.5 Å². The van der Waals surface area contributed by atoms with Gasteiger partial charge in [0.15, 0.2) is 5.76 Å². The number of nitrogens with two attached hydrogens (primary N) is 1. The van der Waals surface area contributed by atoms with Crippen molar-refractivity contribution in [2.45, 2.75) is 19.8 Å². The molecular weight excluding hydrogens is 190 g/mol. The Balaban J connectivity index is 2.27. The lowest BCUT2D eigenvalue weighted by molar-refractivity contribution is 0.546. The van der Waals surface area contributed by atoms with Crippen molar-refractivity contribution < 1.29 is 4.42 Å². The number of hydrogen-bond acceptors (Lipinski definition) is 3. The predicted molar refractivity (Wildman–Crippen MR) is 58.5 cm³/mol. The molecule has 0 aliphatic heterocycles. The Kier molecular flexibility index (Phi) is 2.60. The quantitative estimate of drug-likeness (QED) is 0.805. The number of H-pyrrole nitrogens is 1. The molecule has 0 saturated heterocycles. The van der Waals surface area contributed by atoms with Gasteiger partial charge in [0.1, 0.15) is 17.3 Å². The van der Waals surface area contributed by atoms with Crippen molar-refractivity contribution in [3.05, 3.63) is 29.9 Å². The molecule has 0 fully saturated rings. The highest BCUT2D eigenvalue weighted by Gasteiger charge is 2.10. The van der Waals surface area contributed by atoms with Gasteiger partial charge in [-0.05, 0) is 19.1 Å². The second kappa shape index (κ2) is 3.90. The summed E-state index contributed by atoms with van der Waals surface area (Å²) in [5.74, 6) is 2.86. The number of nitrogens with zero attached hydrogens (tertiary/aromatic N) is 1. The first-order chi connectivity index (χ1) is 7.20. The van der Waals surface area contributed by atoms with Crippen LogP contribution in [0, 0.1) is 6.92 Å². The molecule has 80 valence electrons. The molecular formula is C11H15N3O. The van der Waals surface area contributed by atoms with Gasteiger partial charge in [0.2, 0.25) is 0 Å². The summed E-state index contributed by atoms with van der Waals surface area (Å²) in [5.41, 5.74) is 6.47. The molecule has 0 saturated carbocycles. The minimum atomic E-state index is 0.245. The van der Waals surface area contributed by atoms with Gasteiger partial charge in [0, 0.05) is 12.5 Å². The number of aromatic amines is 1. The molecule has 0 bridgehead atoms. The van der Waals surface area contributed by atoms with Crippen molar-refractivity contribution in [2.24, 2.45) is 5.73 Å². The highest BCUT2D eigenvalue weighted by atomic mass is 16.3. The van der Waals surface area contributed by atoms with Crippen LogP contribution >= 0.6 is 0 Å². The summed E-state index contributed by atoms with van der Waals surface area (Å²) in [4.78, 5) is 7.49. The Labute approximate surface area is 88.5 Å². The van der Waals surface area contributed by atoms with Crippen LogP contribution < -0.4 is 5.73 Å². The topological polar surface area (TPSA) is 67.8 Å². The van der Waals surface area contributed by atoms with Crippen LogP contribution in [0.3, 0.4) is 0 Å². The van der Waals surface area contributed by atoms with Crippen molar-refractivity contribution in [1.29, 1.82) is 0 Å². The maximum atomic E-state index is 5.57. The maximum Gasteiger partial charge on any atom is 0.152 e. The van der Waals surface area contributed by atoms with Gasteiger partial charge in [0.25, 0.3) is 0 Å². The fourth-order valence-electron chi connectivity index (χ4n) is 1.40. The van der Waals surface area contributed by atoms with Crippen LogP contribution in [0.15, 0.2) is 22.7 Å². The molecule has 1 unspecified atom stereocenters. The van der Waals surface area contributed by atoms with Gasteiger partial charge in [-0.2, -0.15) is 0 Å². The molecule has 4 heteroatoms. The molecule has 0 aromatic carbocycles. The van der Waals surface area contributed by atoms with Crippen LogP contribution in [0.5, 0.6) is 0 Å². The first kappa shape index (κ1) is 9.98. The molecule has 0 aliphatic rings. The lowest BCUT2D eigenvalue weighted by Crippen LogP contribution is -2.10. The van der Waals surface area contributed by atoms with E-state index < -0.39 is 0 Å². The van der Waals surface area contributed by atoms with Gasteiger partial charge in [0.05, 0.1) is 6.20 Å². The highest BCUT2D eigenvalue weighted by molar-refractivity contribution is 5.51. The zero-order valence-electron chi connectivity index (χ0n) is 8.95. The third-order valence-electron chi connectivity index (χ3n) is 2.42. The van der Waals surface area contributed by atoms with Gasteiger partial charge in [-0.3, -0.25) is 0 Å². The standard InChI is InChI=1S/C11H15N3O/c1-7(5-12)11-13-6-9(14-11)10-4-3-8(2)15-10/h3-4,6-7H,5,12H2,1-2H3,(H,13,14). The second-order valence-electron chi connectivity index (χ2n) is 3.73. The Morgan fingerprint density at radius 1 is 1.53 bits per heavy atom. The second-order valence-corrected chi connectivity index (χ2v) is 3.73. The summed E-state index contributed by atoms with van der Waals surface area (Å²) in [6, 6.07) is 3.86. The van der Waals surface area contributed by atoms with Crippen molar-refractivity contribution in [3.8, 4) is 11.5 Å². The molecule has 3 N–H and O–H groups in total. The third kappa shape index (κ3) is 1.94. The average molecular weight is 205 g/mol. The van der Waals surface area contributed by atoms with Gasteiger partial charge in [-0.1, -0.05) is 6.92 Å². The van der Waals surface area contributed by atoms with Gasteiger partial charge in [-0.15, -0.1) is 0 Å². The van der Waals surface area contributed by atoms with Crippen molar-refractivity contribution in [2.75, 3.05) is 6.54 Å². The third-order valence-corrected chi connectivity index (χ3v) is 2.42. The molecule has 15 heavy (non-hydrogen) atoms. The molecule has 0 amide bonds. The number of rotatable bonds is 3. The fraction of sp³-hybridized carbons (Fsp3) is 0.364. The average Bonchev–Trinajstić information content (AvgIpc) is 2.84. The SMILES string of the molecule is Cc1ccc(-c2cnc(C(C)CN)[nH]2)o1. The molecule has 1 atom stereocenters. The van der Waals surface area contributed by atoms with Crippen LogP contribution in [0.1, 0.15) is 24.4 Å². The first-order valence-corrected chi connectivity index (χ1v) is 5.02. The molecule has 2 rings (SSSR count). The van der Waals surface area contributed by atoms with Crippen molar-refractivity contribution in [3.63, 3.8) is 0 Å². The van der Waals surface area contributed by atoms with E-state index in [1.54, 1.807) is 6.20 Å². The molecule has 2 aromatic heterocycles. The van der Waals surface area contributed by atoms with Crippen molar-refractivity contribution in [1.82, 2.24) is 9.97 Å². The van der Waals surface area contributed by atoms with Crippen LogP contribution in [-0.2, 0) is 0 Å². The molecule has 0 aliphatic carbocycles. The predicted octanol–water partition coefficient (Wildman–Crippen LogP) is 2.04. The summed E-state index contributed by atoms with van der Waals surface area (Å²) >= 11 is 0. The van der Waals surface area contributed by atoms with Crippen LogP contribution in [0.4, 0.5) is 0 Å². The Bertz CT molecular complexity index is 444. The minimum absolute atomic E-state index is 0.245. The van der Waals surface area contributed by atoms with E-state index in [1.165, 1.54) is 0 Å². The lowest BCUT2D eigenvalue weighted by atomic mass is 10.2. The van der Waals surface area contributed by atoms with Crippen LogP contribution in [-0.4, -0.2) is 16.5 Å². The number of aryl methyl sites for hydroxylation is 1. The lowest BCUT2D eigenvalue weighted by Gasteiger charge is -2.02. The van der Waals surface area contributed by atoms with E-state index in [9.17, 15) is 0 Å². The Morgan fingerprint density at radius 2 is 2.33 bits per heavy atom. The smallest absolute Gasteiger partial charge is 0.152 e. The number of nitrogens with one attached hydrogen (secondary N) is 1. The molecule has 0 spiro atoms. The van der Waals surface area contributed by atoms with E-state index in [1.807, 2.05) is 26.0 Å². The summed E-state index contributed by atoms with van der Waals surface area (Å²) in [6.07, 6.45) is 1.78. The number of hydrogen-bond donors (Lipinski definition) is 2. The van der Waals surface area contributed by atoms with E-state index >= 15 is 0 Å². The van der Waals surface area contributed by atoms with Gasteiger partial charge < -0.3 is 15.1 Å². The number of imidazole rings is 1. The minimum Gasteiger partial charge on any atom is -0.460 e. The Morgan fingerprint density at radius 3 is 2.93 bits per heavy atom. The summed E-state index contributed by atoms with van der Waals surface area (Å²) in [7, 11) is 0. The van der Waals surface area contributed by atoms with Crippen LogP contribution in [0.2, 0.25) is 0 Å². The largest absolute Gasteiger partial charge is 0.460 e. The normalized spacial score (nSPS) is 13.0. The molecule has 2 heterocycles. The molecule has 2 aromatic rings. The van der Waals surface area contributed by atoms with E-state index in [4.69, 9.17) is 10.2 Å². The number of aromatic nitrogens is 2. The van der Waals surface area contributed by atoms with Crippen molar-refractivity contribution >= 4 is 0 Å². The Hall–Kier alpha value is -1.55. The monoisotopic (exact) mass is 205 g/mol. The van der Waals surface area contributed by atoms with Gasteiger partial charge in [-0.25, -0.2) is 4.98 Å². The zero-order chi connectivity index (χ0) is 10.8. The maximum absolute atomic E-state index is 5.57. The summed E-state index contributed by atoms with van der Waals surface area (Å²) < 4.78 is 5.49. The zero-order valence-corrected chi connectivity index (χ0v) is 8.95. The van der Waals surface area contributed by atoms with E-state index in [-0.39, 0.29) is 5.92 Å². The summed E-state index contributed by atoms with van der Waals surface area (Å²) in [5, 5.41) is 0. The fourth-order valence-corrected chi connectivity index (χ4v) is 1.40. The van der Waals surface area contributed by atoms with E-state index in [0.717, 1.165) is 23.0 Å². The molecule has 0 radical (unpaired) electrons. The molecule has 4 nitrogen and oxygen atoms in total. The van der Waals surface area contributed by atoms with E-state index in [0.29, 0.717) is 6.54 Å². The van der Waals surface area contributed by atoms with E-state index in [2.05, 4.69) is 9.97 Å². The first-order valence-electron chi connectivity index (χ1n) is 5.02. The summed E-state index contributed by atoms with van der Waals surface area (Å²) in [6.45, 7) is 4.55. The highest BCUT2D eigenvalue weighted by Crippen LogP contribution is 2.21. The number of furan rings is 1. The van der Waals surface area contributed by atoms with Gasteiger partial charge >= 0.3 is 0 Å².